The summed E-state index contributed by atoms with van der Waals surface area (Å²) in [7, 11) is 0. The summed E-state index contributed by atoms with van der Waals surface area (Å²) in [5.41, 5.74) is 6.79. The van der Waals surface area contributed by atoms with E-state index in [-0.39, 0.29) is 5.91 Å². The van der Waals surface area contributed by atoms with E-state index in [9.17, 15) is 4.79 Å². The maximum atomic E-state index is 13.1. The van der Waals surface area contributed by atoms with Gasteiger partial charge in [-0.05, 0) is 68.5 Å². The van der Waals surface area contributed by atoms with Gasteiger partial charge in [-0.3, -0.25) is 4.79 Å². The molecule has 2 aromatic carbocycles. The van der Waals surface area contributed by atoms with Crippen molar-refractivity contribution < 1.29 is 4.79 Å². The van der Waals surface area contributed by atoms with Gasteiger partial charge in [-0.2, -0.15) is 0 Å². The van der Waals surface area contributed by atoms with Gasteiger partial charge in [-0.1, -0.05) is 18.2 Å². The van der Waals surface area contributed by atoms with E-state index in [2.05, 4.69) is 43.1 Å². The molecule has 4 rings (SSSR count). The molecule has 0 atom stereocenters. The van der Waals surface area contributed by atoms with Crippen LogP contribution in [-0.4, -0.2) is 22.0 Å². The van der Waals surface area contributed by atoms with Crippen molar-refractivity contribution >= 4 is 22.6 Å². The van der Waals surface area contributed by atoms with Gasteiger partial charge < -0.3 is 9.47 Å². The zero-order valence-electron chi connectivity index (χ0n) is 15.0. The first kappa shape index (κ1) is 15.9. The first-order valence-corrected chi connectivity index (χ1v) is 8.87. The topological polar surface area (TPSA) is 38.1 Å². The van der Waals surface area contributed by atoms with Gasteiger partial charge in [0.05, 0.1) is 11.0 Å². The average molecular weight is 333 g/mol. The van der Waals surface area contributed by atoms with Crippen molar-refractivity contribution in [2.45, 2.75) is 40.2 Å². The second kappa shape index (κ2) is 6.03. The number of nitrogens with zero attached hydrogens (tertiary/aromatic N) is 3. The zero-order chi connectivity index (χ0) is 17.6. The standard InChI is InChI=1S/C21H23N3O/c1-14-11-18-20(12-15(14)2)24(16(3)22-18)13-21(25)23-10-6-8-17-7-4-5-9-19(17)23/h4-5,7,9,11-12H,6,8,10,13H2,1-3H3. The van der Waals surface area contributed by atoms with Gasteiger partial charge in [0.2, 0.25) is 5.91 Å². The first-order valence-electron chi connectivity index (χ1n) is 8.87. The van der Waals surface area contributed by atoms with Crippen LogP contribution in [0.5, 0.6) is 0 Å². The highest BCUT2D eigenvalue weighted by molar-refractivity contribution is 5.95. The number of rotatable bonds is 2. The number of hydrogen-bond acceptors (Lipinski definition) is 2. The lowest BCUT2D eigenvalue weighted by molar-refractivity contribution is -0.119. The molecule has 0 fully saturated rings. The molecule has 0 N–H and O–H groups in total. The summed E-state index contributed by atoms with van der Waals surface area (Å²) in [6, 6.07) is 12.5. The lowest BCUT2D eigenvalue weighted by Gasteiger charge is -2.29. The van der Waals surface area contributed by atoms with E-state index < -0.39 is 0 Å². The summed E-state index contributed by atoms with van der Waals surface area (Å²) < 4.78 is 2.04. The van der Waals surface area contributed by atoms with Crippen LogP contribution in [0.2, 0.25) is 0 Å². The summed E-state index contributed by atoms with van der Waals surface area (Å²) in [5, 5.41) is 0. The van der Waals surface area contributed by atoms with Crippen molar-refractivity contribution in [2.75, 3.05) is 11.4 Å². The third-order valence-corrected chi connectivity index (χ3v) is 5.26. The molecular weight excluding hydrogens is 310 g/mol. The van der Waals surface area contributed by atoms with E-state index in [1.54, 1.807) is 0 Å². The molecule has 4 heteroatoms. The zero-order valence-corrected chi connectivity index (χ0v) is 15.0. The fraction of sp³-hybridized carbons (Fsp3) is 0.333. The monoisotopic (exact) mass is 333 g/mol. The SMILES string of the molecule is Cc1cc2nc(C)n(CC(=O)N3CCCc4ccccc43)c2cc1C. The molecule has 4 nitrogen and oxygen atoms in total. The number of aryl methyl sites for hydroxylation is 4. The highest BCUT2D eigenvalue weighted by Crippen LogP contribution is 2.27. The van der Waals surface area contributed by atoms with Crippen LogP contribution in [0.3, 0.4) is 0 Å². The number of benzene rings is 2. The Kier molecular flexibility index (Phi) is 3.83. The van der Waals surface area contributed by atoms with Gasteiger partial charge in [-0.15, -0.1) is 0 Å². The summed E-state index contributed by atoms with van der Waals surface area (Å²) in [6.07, 6.45) is 2.07. The van der Waals surface area contributed by atoms with Gasteiger partial charge in [-0.25, -0.2) is 4.98 Å². The molecule has 1 amide bonds. The van der Waals surface area contributed by atoms with Gasteiger partial charge in [0.25, 0.3) is 0 Å². The van der Waals surface area contributed by atoms with Crippen molar-refractivity contribution in [2.24, 2.45) is 0 Å². The second-order valence-corrected chi connectivity index (χ2v) is 6.95. The molecule has 0 spiro atoms. The molecule has 2 heterocycles. The van der Waals surface area contributed by atoms with Crippen LogP contribution >= 0.6 is 0 Å². The van der Waals surface area contributed by atoms with Crippen molar-refractivity contribution in [3.8, 4) is 0 Å². The Morgan fingerprint density at radius 1 is 1.12 bits per heavy atom. The Balaban J connectivity index is 1.69. The highest BCUT2D eigenvalue weighted by Gasteiger charge is 2.23. The summed E-state index contributed by atoms with van der Waals surface area (Å²) in [6.45, 7) is 7.30. The van der Waals surface area contributed by atoms with E-state index in [0.717, 1.165) is 41.9 Å². The van der Waals surface area contributed by atoms with Gasteiger partial charge in [0.15, 0.2) is 0 Å². The molecule has 0 bridgehead atoms. The molecule has 0 saturated carbocycles. The number of fused-ring (bicyclic) bond motifs is 2. The number of amides is 1. The van der Waals surface area contributed by atoms with E-state index >= 15 is 0 Å². The van der Waals surface area contributed by atoms with Gasteiger partial charge in [0.1, 0.15) is 12.4 Å². The number of carbonyl (C=O) groups is 1. The van der Waals surface area contributed by atoms with Crippen LogP contribution in [0.25, 0.3) is 11.0 Å². The minimum Gasteiger partial charge on any atom is -0.319 e. The van der Waals surface area contributed by atoms with Crippen molar-refractivity contribution in [3.05, 3.63) is 58.9 Å². The molecular formula is C21H23N3O. The molecule has 128 valence electrons. The van der Waals surface area contributed by atoms with E-state index in [1.807, 2.05) is 28.5 Å². The van der Waals surface area contributed by atoms with Crippen LogP contribution in [0.4, 0.5) is 5.69 Å². The number of anilines is 1. The number of aromatic nitrogens is 2. The quantitative estimate of drug-likeness (QED) is 0.712. The second-order valence-electron chi connectivity index (χ2n) is 6.95. The minimum absolute atomic E-state index is 0.132. The Morgan fingerprint density at radius 2 is 1.88 bits per heavy atom. The van der Waals surface area contributed by atoms with Crippen molar-refractivity contribution in [1.82, 2.24) is 9.55 Å². The third-order valence-electron chi connectivity index (χ3n) is 5.26. The van der Waals surface area contributed by atoms with Crippen molar-refractivity contribution in [3.63, 3.8) is 0 Å². The smallest absolute Gasteiger partial charge is 0.246 e. The summed E-state index contributed by atoms with van der Waals surface area (Å²) in [4.78, 5) is 19.6. The third kappa shape index (κ3) is 2.72. The maximum absolute atomic E-state index is 13.1. The van der Waals surface area contributed by atoms with Gasteiger partial charge >= 0.3 is 0 Å². The molecule has 1 aliphatic heterocycles. The maximum Gasteiger partial charge on any atom is 0.246 e. The van der Waals surface area contributed by atoms with Crippen LogP contribution in [-0.2, 0) is 17.8 Å². The molecule has 0 aliphatic carbocycles. The Morgan fingerprint density at radius 3 is 2.72 bits per heavy atom. The van der Waals surface area contributed by atoms with E-state index in [4.69, 9.17) is 0 Å². The van der Waals surface area contributed by atoms with E-state index in [1.165, 1.54) is 16.7 Å². The number of hydrogen-bond donors (Lipinski definition) is 0. The highest BCUT2D eigenvalue weighted by atomic mass is 16.2. The summed E-state index contributed by atoms with van der Waals surface area (Å²) in [5.74, 6) is 1.02. The van der Waals surface area contributed by atoms with Crippen LogP contribution < -0.4 is 4.90 Å². The molecule has 1 aromatic heterocycles. The number of carbonyl (C=O) groups excluding carboxylic acids is 1. The number of imidazole rings is 1. The first-order chi connectivity index (χ1) is 12.0. The Hall–Kier alpha value is -2.62. The fourth-order valence-electron chi connectivity index (χ4n) is 3.71. The largest absolute Gasteiger partial charge is 0.319 e. The molecule has 0 saturated heterocycles. The summed E-state index contributed by atoms with van der Waals surface area (Å²) >= 11 is 0. The predicted molar refractivity (Wildman–Crippen MR) is 101 cm³/mol. The molecule has 25 heavy (non-hydrogen) atoms. The van der Waals surface area contributed by atoms with Crippen molar-refractivity contribution in [1.29, 1.82) is 0 Å². The minimum atomic E-state index is 0.132. The molecule has 3 aromatic rings. The van der Waals surface area contributed by atoms with Crippen LogP contribution in [0.15, 0.2) is 36.4 Å². The number of para-hydroxylation sites is 1. The Bertz CT molecular complexity index is 971. The molecule has 0 radical (unpaired) electrons. The predicted octanol–water partition coefficient (Wildman–Crippen LogP) is 3.94. The van der Waals surface area contributed by atoms with Crippen LogP contribution in [0, 0.1) is 20.8 Å². The Labute approximate surface area is 148 Å². The van der Waals surface area contributed by atoms with E-state index in [0.29, 0.717) is 6.54 Å². The molecule has 0 unspecified atom stereocenters. The molecule has 1 aliphatic rings. The van der Waals surface area contributed by atoms with Gasteiger partial charge in [0, 0.05) is 12.2 Å². The average Bonchev–Trinajstić information content (AvgIpc) is 2.89. The normalized spacial score (nSPS) is 14.0. The fourth-order valence-corrected chi connectivity index (χ4v) is 3.71. The van der Waals surface area contributed by atoms with Crippen LogP contribution in [0.1, 0.15) is 28.9 Å². The lowest BCUT2D eigenvalue weighted by Crippen LogP contribution is -2.37. The lowest BCUT2D eigenvalue weighted by atomic mass is 10.0.